The molecule has 1 saturated heterocycles. The fraction of sp³-hybridized carbons (Fsp3) is 0.462. The first-order valence-electron chi connectivity index (χ1n) is 6.64. The molecule has 6 nitrogen and oxygen atoms in total. The van der Waals surface area contributed by atoms with E-state index in [-0.39, 0.29) is 5.91 Å². The molecule has 2 aromatic rings. The lowest BCUT2D eigenvalue weighted by Gasteiger charge is -2.19. The zero-order valence-electron chi connectivity index (χ0n) is 11.3. The van der Waals surface area contributed by atoms with Crippen molar-refractivity contribution >= 4 is 33.3 Å². The van der Waals surface area contributed by atoms with Crippen LogP contribution in [0, 0.1) is 0 Å². The summed E-state index contributed by atoms with van der Waals surface area (Å²) in [4.78, 5) is 24.1. The van der Waals surface area contributed by atoms with Crippen LogP contribution in [-0.4, -0.2) is 47.0 Å². The van der Waals surface area contributed by atoms with Gasteiger partial charge in [-0.15, -0.1) is 11.3 Å². The number of nitrogens with one attached hydrogen (secondary N) is 1. The number of nitrogens with zero attached hydrogens (tertiary/aromatic N) is 3. The third-order valence-electron chi connectivity index (χ3n) is 3.74. The summed E-state index contributed by atoms with van der Waals surface area (Å²) in [6.45, 7) is 1.75. The predicted octanol–water partition coefficient (Wildman–Crippen LogP) is 1.10. The Bertz CT molecular complexity index is 641. The zero-order chi connectivity index (χ0) is 14.1. The molecule has 1 fully saturated rings. The Kier molecular flexibility index (Phi) is 3.54. The number of likely N-dealkylation sites (N-methyl/N-ethyl adjacent to an activating group) is 1. The van der Waals surface area contributed by atoms with Gasteiger partial charge >= 0.3 is 0 Å². The molecule has 1 aliphatic rings. The second-order valence-corrected chi connectivity index (χ2v) is 6.04. The Morgan fingerprint density at radius 1 is 1.55 bits per heavy atom. The van der Waals surface area contributed by atoms with Crippen LogP contribution in [0.2, 0.25) is 0 Å². The summed E-state index contributed by atoms with van der Waals surface area (Å²) in [5.74, 6) is -0.132. The van der Waals surface area contributed by atoms with Crippen molar-refractivity contribution in [1.82, 2.24) is 20.2 Å². The molecule has 0 aliphatic carbocycles. The second-order valence-electron chi connectivity index (χ2n) is 5.04. The van der Waals surface area contributed by atoms with E-state index in [4.69, 9.17) is 5.73 Å². The van der Waals surface area contributed by atoms with E-state index < -0.39 is 0 Å². The van der Waals surface area contributed by atoms with Gasteiger partial charge in [0.15, 0.2) is 0 Å². The number of nitrogens with two attached hydrogens (primary N) is 1. The number of hydrogen-bond donors (Lipinski definition) is 2. The van der Waals surface area contributed by atoms with Gasteiger partial charge in [0, 0.05) is 25.0 Å². The summed E-state index contributed by atoms with van der Waals surface area (Å²) >= 11 is 1.29. The highest BCUT2D eigenvalue weighted by Crippen LogP contribution is 2.30. The van der Waals surface area contributed by atoms with E-state index in [1.54, 1.807) is 12.4 Å². The molecule has 1 atom stereocenters. The number of anilines is 1. The van der Waals surface area contributed by atoms with E-state index in [0.29, 0.717) is 33.5 Å². The molecule has 3 N–H and O–H groups in total. The smallest absolute Gasteiger partial charge is 0.263 e. The fourth-order valence-corrected chi connectivity index (χ4v) is 3.48. The van der Waals surface area contributed by atoms with Crippen molar-refractivity contribution in [3.63, 3.8) is 0 Å². The lowest BCUT2D eigenvalue weighted by atomic mass is 10.2. The van der Waals surface area contributed by atoms with Gasteiger partial charge in [0.2, 0.25) is 0 Å². The van der Waals surface area contributed by atoms with Gasteiger partial charge in [-0.25, -0.2) is 9.97 Å². The number of fused-ring (bicyclic) bond motifs is 1. The highest BCUT2D eigenvalue weighted by molar-refractivity contribution is 7.21. The molecule has 1 amide bonds. The first-order valence-corrected chi connectivity index (χ1v) is 7.46. The van der Waals surface area contributed by atoms with Crippen LogP contribution in [0.5, 0.6) is 0 Å². The van der Waals surface area contributed by atoms with Gasteiger partial charge in [0.05, 0.1) is 5.69 Å². The third-order valence-corrected chi connectivity index (χ3v) is 4.84. The molecule has 2 aromatic heterocycles. The molecule has 1 aliphatic heterocycles. The number of carbonyl (C=O) groups excluding carboxylic acids is 1. The molecular formula is C13H17N5OS. The summed E-state index contributed by atoms with van der Waals surface area (Å²) in [5.41, 5.74) is 7.03. The van der Waals surface area contributed by atoms with E-state index in [0.717, 1.165) is 13.0 Å². The van der Waals surface area contributed by atoms with E-state index in [9.17, 15) is 4.79 Å². The minimum Gasteiger partial charge on any atom is -0.396 e. The van der Waals surface area contributed by atoms with Crippen molar-refractivity contribution in [2.45, 2.75) is 18.9 Å². The number of amides is 1. The standard InChI is InChI=1S/C13H17N5OS/c1-18-6-2-3-8(18)7-17-12(19)11-9(14)10-13(20-11)16-5-4-15-10/h4-5,8H,2-3,6-7,14H2,1H3,(H,17,19). The van der Waals surface area contributed by atoms with Crippen LogP contribution in [0.25, 0.3) is 10.3 Å². The normalized spacial score (nSPS) is 19.6. The van der Waals surface area contributed by atoms with Gasteiger partial charge in [0.25, 0.3) is 5.91 Å². The monoisotopic (exact) mass is 291 g/mol. The van der Waals surface area contributed by atoms with Crippen molar-refractivity contribution in [3.8, 4) is 0 Å². The van der Waals surface area contributed by atoms with Crippen LogP contribution in [0.1, 0.15) is 22.5 Å². The van der Waals surface area contributed by atoms with Gasteiger partial charge in [-0.1, -0.05) is 0 Å². The molecule has 0 spiro atoms. The average Bonchev–Trinajstić information content (AvgIpc) is 3.01. The minimum atomic E-state index is -0.132. The molecule has 3 heterocycles. The van der Waals surface area contributed by atoms with Gasteiger partial charge in [-0.05, 0) is 26.4 Å². The molecule has 106 valence electrons. The second kappa shape index (κ2) is 5.34. The SMILES string of the molecule is CN1CCCC1CNC(=O)c1sc2nccnc2c1N. The Hall–Kier alpha value is -1.73. The van der Waals surface area contributed by atoms with Crippen molar-refractivity contribution in [2.24, 2.45) is 0 Å². The highest BCUT2D eigenvalue weighted by atomic mass is 32.1. The average molecular weight is 291 g/mol. The van der Waals surface area contributed by atoms with Crippen LogP contribution < -0.4 is 11.1 Å². The van der Waals surface area contributed by atoms with Crippen LogP contribution >= 0.6 is 11.3 Å². The zero-order valence-corrected chi connectivity index (χ0v) is 12.1. The van der Waals surface area contributed by atoms with E-state index in [2.05, 4.69) is 27.2 Å². The lowest BCUT2D eigenvalue weighted by molar-refractivity contribution is 0.0948. The molecule has 7 heteroatoms. The molecule has 0 aromatic carbocycles. The van der Waals surface area contributed by atoms with Gasteiger partial charge in [0.1, 0.15) is 15.2 Å². The van der Waals surface area contributed by atoms with Gasteiger partial charge in [-0.3, -0.25) is 4.79 Å². The van der Waals surface area contributed by atoms with E-state index in [1.165, 1.54) is 17.8 Å². The Morgan fingerprint density at radius 3 is 3.05 bits per heavy atom. The van der Waals surface area contributed by atoms with Gasteiger partial charge < -0.3 is 16.0 Å². The maximum atomic E-state index is 12.2. The fourth-order valence-electron chi connectivity index (χ4n) is 2.54. The van der Waals surface area contributed by atoms with Crippen molar-refractivity contribution in [3.05, 3.63) is 17.3 Å². The van der Waals surface area contributed by atoms with E-state index in [1.807, 2.05) is 0 Å². The number of carbonyl (C=O) groups is 1. The predicted molar refractivity (Wildman–Crippen MR) is 79.8 cm³/mol. The lowest BCUT2D eigenvalue weighted by Crippen LogP contribution is -2.38. The molecule has 0 saturated carbocycles. The van der Waals surface area contributed by atoms with Crippen molar-refractivity contribution < 1.29 is 4.79 Å². The Morgan fingerprint density at radius 2 is 2.35 bits per heavy atom. The number of hydrogen-bond acceptors (Lipinski definition) is 6. The first-order chi connectivity index (χ1) is 9.66. The Balaban J connectivity index is 1.74. The van der Waals surface area contributed by atoms with E-state index >= 15 is 0 Å². The molecule has 0 bridgehead atoms. The number of aromatic nitrogens is 2. The van der Waals surface area contributed by atoms with Crippen molar-refractivity contribution in [2.75, 3.05) is 25.9 Å². The summed E-state index contributed by atoms with van der Waals surface area (Å²) in [7, 11) is 2.09. The summed E-state index contributed by atoms with van der Waals surface area (Å²) in [6, 6.07) is 0.422. The number of likely N-dealkylation sites (tertiary alicyclic amines) is 1. The van der Waals surface area contributed by atoms with Crippen LogP contribution in [0.4, 0.5) is 5.69 Å². The van der Waals surface area contributed by atoms with Crippen LogP contribution in [-0.2, 0) is 0 Å². The molecule has 20 heavy (non-hydrogen) atoms. The summed E-state index contributed by atoms with van der Waals surface area (Å²) in [6.07, 6.45) is 5.51. The largest absolute Gasteiger partial charge is 0.396 e. The third kappa shape index (κ3) is 2.34. The molecule has 3 rings (SSSR count). The first kappa shape index (κ1) is 13.3. The summed E-state index contributed by atoms with van der Waals surface area (Å²) < 4.78 is 0. The van der Waals surface area contributed by atoms with Gasteiger partial charge in [-0.2, -0.15) is 0 Å². The van der Waals surface area contributed by atoms with Crippen molar-refractivity contribution in [1.29, 1.82) is 0 Å². The number of nitrogen functional groups attached to an aromatic ring is 1. The summed E-state index contributed by atoms with van der Waals surface area (Å²) in [5, 5.41) is 2.97. The van der Waals surface area contributed by atoms with Crippen LogP contribution in [0.3, 0.4) is 0 Å². The highest BCUT2D eigenvalue weighted by Gasteiger charge is 2.23. The quantitative estimate of drug-likeness (QED) is 0.884. The molecule has 1 unspecified atom stereocenters. The van der Waals surface area contributed by atoms with Crippen LogP contribution in [0.15, 0.2) is 12.4 Å². The maximum Gasteiger partial charge on any atom is 0.263 e. The molecular weight excluding hydrogens is 274 g/mol. The molecule has 0 radical (unpaired) electrons. The number of rotatable bonds is 3. The maximum absolute atomic E-state index is 12.2. The Labute approximate surface area is 121 Å². The topological polar surface area (TPSA) is 84.1 Å². The number of thiophene rings is 1. The minimum absolute atomic E-state index is 0.132.